The molecule has 8 heteroatoms. The van der Waals surface area contributed by atoms with Gasteiger partial charge in [-0.05, 0) is 30.7 Å². The number of amides is 2. The summed E-state index contributed by atoms with van der Waals surface area (Å²) in [6.07, 6.45) is 0.251. The Morgan fingerprint density at radius 3 is 2.39 bits per heavy atom. The molecular formula is C15H20N2O5S. The van der Waals surface area contributed by atoms with Gasteiger partial charge in [-0.25, -0.2) is 8.42 Å². The molecule has 2 unspecified atom stereocenters. The average Bonchev–Trinajstić information content (AvgIpc) is 3.00. The van der Waals surface area contributed by atoms with E-state index in [1.807, 2.05) is 0 Å². The maximum absolute atomic E-state index is 12.7. The molecule has 1 aromatic rings. The monoisotopic (exact) mass is 340 g/mol. The third kappa shape index (κ3) is 3.31. The van der Waals surface area contributed by atoms with Gasteiger partial charge in [0.05, 0.1) is 13.0 Å². The molecule has 1 aliphatic heterocycles. The third-order valence-electron chi connectivity index (χ3n) is 4.07. The van der Waals surface area contributed by atoms with Gasteiger partial charge in [0.2, 0.25) is 5.91 Å². The van der Waals surface area contributed by atoms with Crippen LogP contribution in [0.4, 0.5) is 0 Å². The zero-order valence-electron chi connectivity index (χ0n) is 13.1. The van der Waals surface area contributed by atoms with Gasteiger partial charge in [-0.15, -0.1) is 0 Å². The largest absolute Gasteiger partial charge is 0.497 e. The van der Waals surface area contributed by atoms with Crippen molar-refractivity contribution in [2.75, 3.05) is 19.4 Å². The van der Waals surface area contributed by atoms with Crippen molar-refractivity contribution in [3.63, 3.8) is 0 Å². The quantitative estimate of drug-likeness (QED) is 0.835. The molecule has 1 fully saturated rings. The third-order valence-corrected chi connectivity index (χ3v) is 6.19. The van der Waals surface area contributed by atoms with Crippen LogP contribution < -0.4 is 10.5 Å². The van der Waals surface area contributed by atoms with Crippen molar-refractivity contribution in [1.29, 1.82) is 0 Å². The molecular weight excluding hydrogens is 320 g/mol. The van der Waals surface area contributed by atoms with Crippen LogP contribution in [0.25, 0.3) is 0 Å². The van der Waals surface area contributed by atoms with E-state index >= 15 is 0 Å². The summed E-state index contributed by atoms with van der Waals surface area (Å²) in [6.45, 7) is 1.67. The Bertz CT molecular complexity index is 699. The maximum Gasteiger partial charge on any atom is 0.254 e. The first-order valence-corrected chi connectivity index (χ1v) is 8.99. The number of primary amides is 1. The number of hydrogen-bond acceptors (Lipinski definition) is 5. The van der Waals surface area contributed by atoms with E-state index in [1.54, 1.807) is 24.3 Å². The fourth-order valence-electron chi connectivity index (χ4n) is 2.78. The summed E-state index contributed by atoms with van der Waals surface area (Å²) in [5.74, 6) is -1.57. The van der Waals surface area contributed by atoms with Crippen molar-refractivity contribution in [1.82, 2.24) is 4.90 Å². The molecule has 2 rings (SSSR count). The molecule has 0 aromatic heterocycles. The van der Waals surface area contributed by atoms with E-state index in [1.165, 1.54) is 18.9 Å². The molecule has 1 heterocycles. The highest BCUT2D eigenvalue weighted by molar-refractivity contribution is 7.92. The van der Waals surface area contributed by atoms with E-state index in [9.17, 15) is 18.0 Å². The summed E-state index contributed by atoms with van der Waals surface area (Å²) >= 11 is 0. The lowest BCUT2D eigenvalue weighted by Crippen LogP contribution is -2.46. The fraction of sp³-hybridized carbons (Fsp3) is 0.467. The second-order valence-corrected chi connectivity index (χ2v) is 7.75. The molecule has 1 aliphatic rings. The second-order valence-electron chi connectivity index (χ2n) is 5.37. The highest BCUT2D eigenvalue weighted by Gasteiger charge is 2.47. The summed E-state index contributed by atoms with van der Waals surface area (Å²) in [7, 11) is -2.12. The Hall–Kier alpha value is -2.09. The van der Waals surface area contributed by atoms with Crippen LogP contribution in [0.5, 0.6) is 5.75 Å². The Labute approximate surface area is 135 Å². The van der Waals surface area contributed by atoms with Crippen LogP contribution in [0.2, 0.25) is 0 Å². The average molecular weight is 340 g/mol. The highest BCUT2D eigenvalue weighted by Crippen LogP contribution is 2.30. The van der Waals surface area contributed by atoms with Gasteiger partial charge in [0, 0.05) is 17.9 Å². The Morgan fingerprint density at radius 2 is 1.91 bits per heavy atom. The number of sulfone groups is 1. The smallest absolute Gasteiger partial charge is 0.254 e. The van der Waals surface area contributed by atoms with E-state index in [0.29, 0.717) is 11.3 Å². The molecule has 0 radical (unpaired) electrons. The van der Waals surface area contributed by atoms with Crippen LogP contribution in [-0.4, -0.2) is 49.9 Å². The minimum atomic E-state index is -3.63. The summed E-state index contributed by atoms with van der Waals surface area (Å²) in [4.78, 5) is 25.5. The molecule has 126 valence electrons. The first-order chi connectivity index (χ1) is 10.8. The number of nitrogens with two attached hydrogens (primary N) is 1. The Kier molecular flexibility index (Phi) is 4.93. The van der Waals surface area contributed by atoms with E-state index in [0.717, 1.165) is 0 Å². The van der Waals surface area contributed by atoms with Gasteiger partial charge in [0.15, 0.2) is 9.84 Å². The van der Waals surface area contributed by atoms with Crippen LogP contribution in [0.1, 0.15) is 23.7 Å². The summed E-state index contributed by atoms with van der Waals surface area (Å²) in [5.41, 5.74) is 5.66. The van der Waals surface area contributed by atoms with Gasteiger partial charge < -0.3 is 15.4 Å². The van der Waals surface area contributed by atoms with Gasteiger partial charge in [-0.1, -0.05) is 6.92 Å². The second kappa shape index (κ2) is 6.57. The van der Waals surface area contributed by atoms with Crippen LogP contribution in [-0.2, 0) is 14.6 Å². The predicted octanol–water partition coefficient (Wildman–Crippen LogP) is 0.403. The van der Waals surface area contributed by atoms with Gasteiger partial charge >= 0.3 is 0 Å². The first kappa shape index (κ1) is 17.3. The summed E-state index contributed by atoms with van der Waals surface area (Å²) < 4.78 is 29.7. The number of methoxy groups -OCH3 is 1. The molecule has 1 saturated heterocycles. The normalized spacial score (nSPS) is 21.2. The van der Waals surface area contributed by atoms with Gasteiger partial charge in [-0.3, -0.25) is 9.59 Å². The number of likely N-dealkylation sites (tertiary alicyclic amines) is 1. The Morgan fingerprint density at radius 1 is 1.30 bits per heavy atom. The van der Waals surface area contributed by atoms with Gasteiger partial charge in [0.25, 0.3) is 5.91 Å². The summed E-state index contributed by atoms with van der Waals surface area (Å²) in [6, 6.07) is 6.37. The number of nitrogens with zero attached hydrogens (tertiary/aromatic N) is 1. The molecule has 7 nitrogen and oxygen atoms in total. The summed E-state index contributed by atoms with van der Waals surface area (Å²) in [5, 5.41) is -1.19. The molecule has 0 aliphatic carbocycles. The van der Waals surface area contributed by atoms with Gasteiger partial charge in [-0.2, -0.15) is 0 Å². The number of benzene rings is 1. The van der Waals surface area contributed by atoms with E-state index < -0.39 is 32.9 Å². The zero-order valence-corrected chi connectivity index (χ0v) is 13.9. The van der Waals surface area contributed by atoms with Crippen molar-refractivity contribution >= 4 is 21.7 Å². The topological polar surface area (TPSA) is 107 Å². The number of carbonyl (C=O) groups excluding carboxylic acids is 2. The molecule has 1 aromatic carbocycles. The molecule has 0 bridgehead atoms. The van der Waals surface area contributed by atoms with E-state index in [-0.39, 0.29) is 18.7 Å². The molecule has 23 heavy (non-hydrogen) atoms. The number of ether oxygens (including phenoxy) is 1. The minimum Gasteiger partial charge on any atom is -0.497 e. The highest BCUT2D eigenvalue weighted by atomic mass is 32.2. The van der Waals surface area contributed by atoms with Crippen molar-refractivity contribution in [2.24, 2.45) is 11.7 Å². The molecule has 2 N–H and O–H groups in total. The van der Waals surface area contributed by atoms with Crippen LogP contribution >= 0.6 is 0 Å². The maximum atomic E-state index is 12.7. The lowest BCUT2D eigenvalue weighted by atomic mass is 10.1. The molecule has 0 saturated carbocycles. The lowest BCUT2D eigenvalue weighted by Gasteiger charge is -2.26. The van der Waals surface area contributed by atoms with Crippen LogP contribution in [0.15, 0.2) is 24.3 Å². The zero-order chi connectivity index (χ0) is 17.2. The fourth-order valence-corrected chi connectivity index (χ4v) is 4.48. The predicted molar refractivity (Wildman–Crippen MR) is 84.6 cm³/mol. The standard InChI is InChI=1S/C15H20N2O5S/c1-3-23(20,21)15-12(13(16)18)8-9-17(15)14(19)10-4-6-11(22-2)7-5-10/h4-7,12,15H,3,8-9H2,1-2H3,(H2,16,18). The van der Waals surface area contributed by atoms with Crippen molar-refractivity contribution in [3.8, 4) is 5.75 Å². The minimum absolute atomic E-state index is 0.159. The Balaban J connectivity index is 2.35. The molecule has 2 atom stereocenters. The van der Waals surface area contributed by atoms with Crippen molar-refractivity contribution in [3.05, 3.63) is 29.8 Å². The number of rotatable bonds is 5. The van der Waals surface area contributed by atoms with Gasteiger partial charge in [0.1, 0.15) is 11.1 Å². The lowest BCUT2D eigenvalue weighted by molar-refractivity contribution is -0.121. The molecule has 2 amide bonds. The van der Waals surface area contributed by atoms with Crippen molar-refractivity contribution < 1.29 is 22.7 Å². The first-order valence-electron chi connectivity index (χ1n) is 7.27. The number of carbonyl (C=O) groups is 2. The van der Waals surface area contributed by atoms with Crippen LogP contribution in [0, 0.1) is 5.92 Å². The molecule has 0 spiro atoms. The van der Waals surface area contributed by atoms with E-state index in [2.05, 4.69) is 0 Å². The van der Waals surface area contributed by atoms with Crippen LogP contribution in [0.3, 0.4) is 0 Å². The van der Waals surface area contributed by atoms with E-state index in [4.69, 9.17) is 10.5 Å². The number of hydrogen-bond donors (Lipinski definition) is 1. The SMILES string of the molecule is CCS(=O)(=O)C1C(C(N)=O)CCN1C(=O)c1ccc(OC)cc1. The van der Waals surface area contributed by atoms with Crippen molar-refractivity contribution in [2.45, 2.75) is 18.7 Å².